The average molecular weight is 423 g/mol. The summed E-state index contributed by atoms with van der Waals surface area (Å²) in [6.07, 6.45) is -1.01. The third kappa shape index (κ3) is 4.34. The molecule has 0 aliphatic rings. The second kappa shape index (κ2) is 8.31. The van der Waals surface area contributed by atoms with Gasteiger partial charge in [0.05, 0.1) is 5.56 Å². The minimum absolute atomic E-state index is 0.246. The molecule has 0 amide bonds. The van der Waals surface area contributed by atoms with Gasteiger partial charge >= 0.3 is 5.97 Å². The number of carbonyl (C=O) groups is 2. The lowest BCUT2D eigenvalue weighted by molar-refractivity contribution is 0.0279. The third-order valence-corrected chi connectivity index (χ3v) is 5.14. The molecule has 3 aromatic carbocycles. The minimum Gasteiger partial charge on any atom is -0.445 e. The van der Waals surface area contributed by atoms with Crippen molar-refractivity contribution in [1.29, 1.82) is 0 Å². The van der Waals surface area contributed by atoms with Gasteiger partial charge in [0.1, 0.15) is 0 Å². The highest BCUT2D eigenvalue weighted by Crippen LogP contribution is 2.26. The zero-order chi connectivity index (χ0) is 19.4. The predicted octanol–water partition coefficient (Wildman–Crippen LogP) is 5.85. The number of Topliss-reactive ketones (excluding diaryl/α,β-unsaturated/α-hetero) is 1. The van der Waals surface area contributed by atoms with Crippen molar-refractivity contribution in [2.24, 2.45) is 0 Å². The van der Waals surface area contributed by atoms with Crippen molar-refractivity contribution in [2.45, 2.75) is 20.0 Å². The van der Waals surface area contributed by atoms with Crippen LogP contribution in [0.3, 0.4) is 0 Å². The van der Waals surface area contributed by atoms with Crippen LogP contribution in [0.4, 0.5) is 0 Å². The topological polar surface area (TPSA) is 43.4 Å². The van der Waals surface area contributed by atoms with Gasteiger partial charge in [-0.15, -0.1) is 0 Å². The molecule has 0 unspecified atom stereocenters. The first-order valence-corrected chi connectivity index (χ1v) is 9.38. The van der Waals surface area contributed by atoms with E-state index < -0.39 is 12.1 Å². The number of ether oxygens (including phenoxy) is 1. The molecule has 0 fully saturated rings. The number of benzene rings is 3. The highest BCUT2D eigenvalue weighted by atomic mass is 79.9. The fraction of sp³-hybridized carbons (Fsp3) is 0.130. The quantitative estimate of drug-likeness (QED) is 0.382. The molecule has 4 heteroatoms. The Balaban J connectivity index is 1.96. The van der Waals surface area contributed by atoms with Crippen LogP contribution < -0.4 is 0 Å². The van der Waals surface area contributed by atoms with Gasteiger partial charge in [-0.05, 0) is 59.1 Å². The van der Waals surface area contributed by atoms with Crippen molar-refractivity contribution in [3.63, 3.8) is 0 Å². The Kier molecular flexibility index (Phi) is 5.87. The second-order valence-corrected chi connectivity index (χ2v) is 7.19. The van der Waals surface area contributed by atoms with E-state index in [0.717, 1.165) is 11.1 Å². The Morgan fingerprint density at radius 1 is 0.852 bits per heavy atom. The Bertz CT molecular complexity index is 980. The summed E-state index contributed by atoms with van der Waals surface area (Å²) in [5.41, 5.74) is 3.66. The molecule has 3 aromatic rings. The SMILES string of the molecule is Cc1ccc(C(=O)[C@@H](OC(=O)c2ccccc2Br)c2ccccc2)cc1C. The minimum atomic E-state index is -1.01. The van der Waals surface area contributed by atoms with E-state index in [4.69, 9.17) is 4.74 Å². The molecule has 0 aliphatic heterocycles. The summed E-state index contributed by atoms with van der Waals surface area (Å²) in [6.45, 7) is 3.95. The average Bonchev–Trinajstić information content (AvgIpc) is 2.68. The molecule has 0 spiro atoms. The summed E-state index contributed by atoms with van der Waals surface area (Å²) in [6, 6.07) is 21.6. The van der Waals surface area contributed by atoms with Crippen molar-refractivity contribution < 1.29 is 14.3 Å². The van der Waals surface area contributed by atoms with E-state index in [1.165, 1.54) is 0 Å². The van der Waals surface area contributed by atoms with Gasteiger partial charge in [0.15, 0.2) is 6.10 Å². The number of hydrogen-bond donors (Lipinski definition) is 0. The van der Waals surface area contributed by atoms with Crippen molar-refractivity contribution in [1.82, 2.24) is 0 Å². The monoisotopic (exact) mass is 422 g/mol. The molecule has 0 aromatic heterocycles. The van der Waals surface area contributed by atoms with E-state index in [9.17, 15) is 9.59 Å². The molecule has 0 heterocycles. The highest BCUT2D eigenvalue weighted by molar-refractivity contribution is 9.10. The summed E-state index contributed by atoms with van der Waals surface area (Å²) in [5.74, 6) is -0.793. The number of hydrogen-bond acceptors (Lipinski definition) is 3. The molecule has 0 saturated heterocycles. The first kappa shape index (κ1) is 19.1. The first-order valence-electron chi connectivity index (χ1n) is 8.59. The number of carbonyl (C=O) groups excluding carboxylic acids is 2. The number of aryl methyl sites for hydroxylation is 2. The lowest BCUT2D eigenvalue weighted by Gasteiger charge is -2.18. The summed E-state index contributed by atoms with van der Waals surface area (Å²) in [5, 5.41) is 0. The summed E-state index contributed by atoms with van der Waals surface area (Å²) in [4.78, 5) is 25.9. The first-order chi connectivity index (χ1) is 13.0. The molecule has 3 nitrogen and oxygen atoms in total. The highest BCUT2D eigenvalue weighted by Gasteiger charge is 2.27. The van der Waals surface area contributed by atoms with Crippen LogP contribution >= 0.6 is 15.9 Å². The fourth-order valence-electron chi connectivity index (χ4n) is 2.74. The lowest BCUT2D eigenvalue weighted by Crippen LogP contribution is -2.20. The molecule has 0 bridgehead atoms. The van der Waals surface area contributed by atoms with E-state index >= 15 is 0 Å². The van der Waals surface area contributed by atoms with Crippen LogP contribution in [0, 0.1) is 13.8 Å². The van der Waals surface area contributed by atoms with Crippen LogP contribution in [-0.4, -0.2) is 11.8 Å². The largest absolute Gasteiger partial charge is 0.445 e. The molecular weight excluding hydrogens is 404 g/mol. The van der Waals surface area contributed by atoms with E-state index in [1.807, 2.05) is 50.2 Å². The third-order valence-electron chi connectivity index (χ3n) is 4.45. The lowest BCUT2D eigenvalue weighted by atomic mass is 9.97. The van der Waals surface area contributed by atoms with Gasteiger partial charge in [-0.3, -0.25) is 4.79 Å². The summed E-state index contributed by atoms with van der Waals surface area (Å²) < 4.78 is 6.30. The number of rotatable bonds is 5. The van der Waals surface area contributed by atoms with Gasteiger partial charge in [0, 0.05) is 15.6 Å². The van der Waals surface area contributed by atoms with Gasteiger partial charge in [-0.25, -0.2) is 4.79 Å². The zero-order valence-corrected chi connectivity index (χ0v) is 16.7. The summed E-state index contributed by atoms with van der Waals surface area (Å²) in [7, 11) is 0. The Labute approximate surface area is 167 Å². The van der Waals surface area contributed by atoms with Crippen LogP contribution in [0.1, 0.15) is 43.5 Å². The van der Waals surface area contributed by atoms with E-state index in [-0.39, 0.29) is 5.78 Å². The zero-order valence-electron chi connectivity index (χ0n) is 15.1. The second-order valence-electron chi connectivity index (χ2n) is 6.34. The molecule has 27 heavy (non-hydrogen) atoms. The van der Waals surface area contributed by atoms with Crippen LogP contribution in [0.25, 0.3) is 0 Å². The number of ketones is 1. The molecule has 0 radical (unpaired) electrons. The normalized spacial score (nSPS) is 11.7. The van der Waals surface area contributed by atoms with Gasteiger partial charge in [0.25, 0.3) is 0 Å². The van der Waals surface area contributed by atoms with Gasteiger partial charge in [-0.1, -0.05) is 54.6 Å². The maximum atomic E-state index is 13.2. The molecule has 3 rings (SSSR count). The maximum Gasteiger partial charge on any atom is 0.340 e. The van der Waals surface area contributed by atoms with E-state index in [0.29, 0.717) is 21.2 Å². The van der Waals surface area contributed by atoms with Crippen LogP contribution in [0.5, 0.6) is 0 Å². The van der Waals surface area contributed by atoms with Crippen molar-refractivity contribution in [3.05, 3.63) is 105 Å². The molecule has 0 aliphatic carbocycles. The Hall–Kier alpha value is -2.72. The van der Waals surface area contributed by atoms with Crippen LogP contribution in [-0.2, 0) is 4.74 Å². The Morgan fingerprint density at radius 2 is 1.52 bits per heavy atom. The smallest absolute Gasteiger partial charge is 0.340 e. The fourth-order valence-corrected chi connectivity index (χ4v) is 3.19. The van der Waals surface area contributed by atoms with Crippen LogP contribution in [0.2, 0.25) is 0 Å². The molecule has 136 valence electrons. The number of esters is 1. The summed E-state index contributed by atoms with van der Waals surface area (Å²) >= 11 is 3.36. The van der Waals surface area contributed by atoms with Crippen molar-refractivity contribution in [3.8, 4) is 0 Å². The predicted molar refractivity (Wildman–Crippen MR) is 109 cm³/mol. The number of halogens is 1. The Morgan fingerprint density at radius 3 is 2.19 bits per heavy atom. The van der Waals surface area contributed by atoms with E-state index in [1.54, 1.807) is 36.4 Å². The maximum absolute atomic E-state index is 13.2. The van der Waals surface area contributed by atoms with Gasteiger partial charge < -0.3 is 4.74 Å². The molecule has 0 N–H and O–H groups in total. The van der Waals surface area contributed by atoms with Crippen LogP contribution in [0.15, 0.2) is 77.3 Å². The van der Waals surface area contributed by atoms with Gasteiger partial charge in [-0.2, -0.15) is 0 Å². The molecular formula is C23H19BrO3. The van der Waals surface area contributed by atoms with Gasteiger partial charge in [0.2, 0.25) is 5.78 Å². The van der Waals surface area contributed by atoms with Crippen molar-refractivity contribution in [2.75, 3.05) is 0 Å². The molecule has 1 atom stereocenters. The van der Waals surface area contributed by atoms with Crippen molar-refractivity contribution >= 4 is 27.7 Å². The molecule has 0 saturated carbocycles. The standard InChI is InChI=1S/C23H19BrO3/c1-15-12-13-18(14-16(15)2)21(25)22(17-8-4-3-5-9-17)27-23(26)19-10-6-7-11-20(19)24/h3-14,22H,1-2H3/t22-/m0/s1. The van der Waals surface area contributed by atoms with E-state index in [2.05, 4.69) is 15.9 Å².